The van der Waals surface area contributed by atoms with Crippen LogP contribution < -0.4 is 0 Å². The third-order valence-electron chi connectivity index (χ3n) is 3.36. The number of thiophene rings is 1. The fourth-order valence-electron chi connectivity index (χ4n) is 2.04. The molecule has 0 N–H and O–H groups in total. The van der Waals surface area contributed by atoms with Crippen LogP contribution in [0.2, 0.25) is 0 Å². The number of hydrogen-bond acceptors (Lipinski definition) is 8. The van der Waals surface area contributed by atoms with Crippen molar-refractivity contribution in [2.24, 2.45) is 10.6 Å². The number of carbonyl (C=O) groups is 1. The lowest BCUT2D eigenvalue weighted by Crippen LogP contribution is -2.29. The summed E-state index contributed by atoms with van der Waals surface area (Å²) in [5, 5.41) is 5.66. The molecule has 0 atom stereocenters. The van der Waals surface area contributed by atoms with E-state index in [1.807, 2.05) is 24.3 Å². The first-order valence-electron chi connectivity index (χ1n) is 7.64. The van der Waals surface area contributed by atoms with Gasteiger partial charge in [-0.05, 0) is 23.6 Å². The van der Waals surface area contributed by atoms with Crippen LogP contribution in [-0.4, -0.2) is 24.9 Å². The molecule has 0 amide bonds. The topological polar surface area (TPSA) is 85.7 Å². The van der Waals surface area contributed by atoms with E-state index >= 15 is 0 Å². The zero-order valence-corrected chi connectivity index (χ0v) is 16.7. The standard InChI is InChI=1S/C17H16N2O4S3/c1-17(2,3)15(20)14(16-18-11-7-4-5-8-12(11)25-16)19-23-26(21,22)13-9-6-10-24-13/h4-10H,1-3H3/b19-14+. The van der Waals surface area contributed by atoms with Gasteiger partial charge in [-0.3, -0.25) is 9.08 Å². The van der Waals surface area contributed by atoms with Crippen molar-refractivity contribution in [1.29, 1.82) is 0 Å². The highest BCUT2D eigenvalue weighted by atomic mass is 32.3. The van der Waals surface area contributed by atoms with E-state index in [9.17, 15) is 13.2 Å². The molecule has 0 unspecified atom stereocenters. The molecule has 2 heterocycles. The molecule has 0 radical (unpaired) electrons. The zero-order chi connectivity index (χ0) is 18.9. The molecule has 0 saturated heterocycles. The molecule has 0 fully saturated rings. The average Bonchev–Trinajstić information content (AvgIpc) is 3.23. The molecule has 3 rings (SSSR count). The number of fused-ring (bicyclic) bond motifs is 1. The molecule has 6 nitrogen and oxygen atoms in total. The van der Waals surface area contributed by atoms with Crippen LogP contribution in [0.3, 0.4) is 0 Å². The molecule has 0 bridgehead atoms. The Morgan fingerprint density at radius 2 is 1.88 bits per heavy atom. The van der Waals surface area contributed by atoms with Gasteiger partial charge in [-0.15, -0.1) is 22.7 Å². The smallest absolute Gasteiger partial charge is 0.292 e. The van der Waals surface area contributed by atoms with Crippen molar-refractivity contribution in [3.8, 4) is 0 Å². The van der Waals surface area contributed by atoms with E-state index < -0.39 is 15.5 Å². The number of thiazole rings is 1. The second kappa shape index (κ2) is 6.90. The van der Waals surface area contributed by atoms with E-state index in [0.717, 1.165) is 16.0 Å². The van der Waals surface area contributed by atoms with Gasteiger partial charge in [0.05, 0.1) is 10.2 Å². The van der Waals surface area contributed by atoms with Gasteiger partial charge in [0.15, 0.2) is 15.7 Å². The second-order valence-corrected chi connectivity index (χ2v) is 10.2. The Kier molecular flexibility index (Phi) is 4.96. The van der Waals surface area contributed by atoms with Gasteiger partial charge in [-0.2, -0.15) is 8.42 Å². The first kappa shape index (κ1) is 18.7. The Labute approximate surface area is 159 Å². The van der Waals surface area contributed by atoms with Crippen molar-refractivity contribution in [3.63, 3.8) is 0 Å². The summed E-state index contributed by atoms with van der Waals surface area (Å²) in [6, 6.07) is 10.4. The summed E-state index contributed by atoms with van der Waals surface area (Å²) in [5.74, 6) is -0.349. The molecular formula is C17H16N2O4S3. The number of nitrogens with zero attached hydrogens (tertiary/aromatic N) is 2. The van der Waals surface area contributed by atoms with Crippen LogP contribution >= 0.6 is 22.7 Å². The highest BCUT2D eigenvalue weighted by Crippen LogP contribution is 2.26. The van der Waals surface area contributed by atoms with Gasteiger partial charge >= 0.3 is 10.1 Å². The van der Waals surface area contributed by atoms with Crippen LogP contribution in [0.1, 0.15) is 25.8 Å². The van der Waals surface area contributed by atoms with Crippen molar-refractivity contribution >= 4 is 54.5 Å². The number of para-hydroxylation sites is 1. The van der Waals surface area contributed by atoms with Gasteiger partial charge in [0.25, 0.3) is 0 Å². The molecule has 0 aliphatic carbocycles. The lowest BCUT2D eigenvalue weighted by Gasteiger charge is -2.16. The highest BCUT2D eigenvalue weighted by molar-refractivity contribution is 7.88. The van der Waals surface area contributed by atoms with Crippen LogP contribution in [0.25, 0.3) is 10.2 Å². The van der Waals surface area contributed by atoms with Crippen LogP contribution in [0, 0.1) is 5.41 Å². The number of aromatic nitrogens is 1. The van der Waals surface area contributed by atoms with Gasteiger partial charge in [0.2, 0.25) is 0 Å². The van der Waals surface area contributed by atoms with Crippen LogP contribution in [0.15, 0.2) is 51.1 Å². The normalized spacial score (nSPS) is 13.1. The van der Waals surface area contributed by atoms with Crippen molar-refractivity contribution in [1.82, 2.24) is 4.98 Å². The molecule has 1 aromatic carbocycles. The Balaban J connectivity index is 2.05. The summed E-state index contributed by atoms with van der Waals surface area (Å²) >= 11 is 2.28. The number of Topliss-reactive ketones (excluding diaryl/α,β-unsaturated/α-hetero) is 1. The third-order valence-corrected chi connectivity index (χ3v) is 6.87. The first-order valence-corrected chi connectivity index (χ1v) is 10.7. The minimum Gasteiger partial charge on any atom is -0.292 e. The maximum atomic E-state index is 12.8. The Bertz CT molecular complexity index is 1040. The summed E-state index contributed by atoms with van der Waals surface area (Å²) < 4.78 is 30.2. The van der Waals surface area contributed by atoms with E-state index in [1.165, 1.54) is 17.4 Å². The Hall–Kier alpha value is -2.10. The quantitative estimate of drug-likeness (QED) is 0.469. The number of oxime groups is 1. The zero-order valence-electron chi connectivity index (χ0n) is 14.3. The molecular weight excluding hydrogens is 392 g/mol. The summed E-state index contributed by atoms with van der Waals surface area (Å²) in [4.78, 5) is 17.2. The largest absolute Gasteiger partial charge is 0.368 e. The van der Waals surface area contributed by atoms with E-state index in [1.54, 1.807) is 32.2 Å². The highest BCUT2D eigenvalue weighted by Gasteiger charge is 2.31. The van der Waals surface area contributed by atoms with Crippen LogP contribution in [0.4, 0.5) is 0 Å². The average molecular weight is 409 g/mol. The summed E-state index contributed by atoms with van der Waals surface area (Å²) in [6.45, 7) is 5.18. The molecule has 0 aliphatic heterocycles. The van der Waals surface area contributed by atoms with Gasteiger partial charge in [0.1, 0.15) is 5.01 Å². The Morgan fingerprint density at radius 1 is 1.15 bits per heavy atom. The van der Waals surface area contributed by atoms with Crippen molar-refractivity contribution in [3.05, 3.63) is 46.8 Å². The van der Waals surface area contributed by atoms with E-state index in [4.69, 9.17) is 4.28 Å². The Morgan fingerprint density at radius 3 is 2.50 bits per heavy atom. The fourth-order valence-corrected chi connectivity index (χ4v) is 4.65. The molecule has 2 aromatic heterocycles. The minimum absolute atomic E-state index is 0.0214. The van der Waals surface area contributed by atoms with E-state index in [0.29, 0.717) is 10.5 Å². The maximum Gasteiger partial charge on any atom is 0.368 e. The lowest BCUT2D eigenvalue weighted by molar-refractivity contribution is -0.119. The molecule has 0 saturated carbocycles. The van der Waals surface area contributed by atoms with E-state index in [2.05, 4.69) is 10.1 Å². The van der Waals surface area contributed by atoms with Crippen LogP contribution in [0.5, 0.6) is 0 Å². The summed E-state index contributed by atoms with van der Waals surface area (Å²) in [7, 11) is -4.07. The number of rotatable bonds is 5. The predicted molar refractivity (Wildman–Crippen MR) is 103 cm³/mol. The van der Waals surface area contributed by atoms with Gasteiger partial charge in [-0.1, -0.05) is 44.1 Å². The van der Waals surface area contributed by atoms with Gasteiger partial charge < -0.3 is 0 Å². The van der Waals surface area contributed by atoms with Crippen molar-refractivity contribution in [2.75, 3.05) is 0 Å². The first-order chi connectivity index (χ1) is 12.2. The van der Waals surface area contributed by atoms with Crippen molar-refractivity contribution in [2.45, 2.75) is 25.0 Å². The summed E-state index contributed by atoms with van der Waals surface area (Å²) in [5.41, 5.74) is -0.158. The number of benzene rings is 1. The maximum absolute atomic E-state index is 12.8. The lowest BCUT2D eigenvalue weighted by atomic mass is 9.88. The molecule has 136 valence electrons. The monoisotopic (exact) mass is 408 g/mol. The van der Waals surface area contributed by atoms with Gasteiger partial charge in [0, 0.05) is 5.41 Å². The molecule has 0 aliphatic rings. The summed E-state index contributed by atoms with van der Waals surface area (Å²) in [6.07, 6.45) is 0. The molecule has 0 spiro atoms. The van der Waals surface area contributed by atoms with Gasteiger partial charge in [-0.25, -0.2) is 4.98 Å². The third kappa shape index (κ3) is 3.84. The number of hydrogen-bond donors (Lipinski definition) is 0. The van der Waals surface area contributed by atoms with E-state index in [-0.39, 0.29) is 15.7 Å². The minimum atomic E-state index is -4.07. The second-order valence-electron chi connectivity index (χ2n) is 6.47. The number of ketones is 1. The number of carbonyl (C=O) groups excluding carboxylic acids is 1. The molecule has 9 heteroatoms. The molecule has 3 aromatic rings. The predicted octanol–water partition coefficient (Wildman–Crippen LogP) is 4.08. The SMILES string of the molecule is CC(C)(C)C(=O)/C(=N\OS(=O)(=O)c1cccs1)c1nc2ccccc2s1. The fraction of sp³-hybridized carbons (Fsp3) is 0.235. The van der Waals surface area contributed by atoms with Crippen molar-refractivity contribution < 1.29 is 17.5 Å². The van der Waals surface area contributed by atoms with Crippen LogP contribution in [-0.2, 0) is 19.2 Å². The molecule has 26 heavy (non-hydrogen) atoms.